The molecule has 0 bridgehead atoms. The van der Waals surface area contributed by atoms with E-state index in [1.807, 2.05) is 24.3 Å². The van der Waals surface area contributed by atoms with Crippen LogP contribution in [-0.2, 0) is 12.7 Å². The summed E-state index contributed by atoms with van der Waals surface area (Å²) in [4.78, 5) is 0. The second-order valence-corrected chi connectivity index (χ2v) is 4.76. The third kappa shape index (κ3) is 3.82. The predicted molar refractivity (Wildman–Crippen MR) is 76.8 cm³/mol. The minimum Gasteiger partial charge on any atom is -0.496 e. The molecular weight excluding hydrogens is 303 g/mol. The van der Waals surface area contributed by atoms with E-state index >= 15 is 0 Å². The van der Waals surface area contributed by atoms with Crippen LogP contribution < -0.4 is 10.1 Å². The minimum absolute atomic E-state index is 0.0275. The molecule has 112 valence electrons. The maximum atomic E-state index is 12.6. The van der Waals surface area contributed by atoms with Crippen molar-refractivity contribution < 1.29 is 17.9 Å². The van der Waals surface area contributed by atoms with Crippen molar-refractivity contribution in [1.82, 2.24) is 0 Å². The Morgan fingerprint density at radius 2 is 1.86 bits per heavy atom. The van der Waals surface area contributed by atoms with Gasteiger partial charge in [0.2, 0.25) is 0 Å². The molecule has 1 N–H and O–H groups in total. The molecule has 0 spiro atoms. The average molecular weight is 316 g/mol. The van der Waals surface area contributed by atoms with E-state index in [2.05, 4.69) is 5.32 Å². The number of ether oxygens (including phenoxy) is 1. The van der Waals surface area contributed by atoms with Gasteiger partial charge < -0.3 is 10.1 Å². The SMILES string of the molecule is COc1ccccc1CNc1ccc(C(F)(F)F)cc1Cl. The fourth-order valence-electron chi connectivity index (χ4n) is 1.87. The number of rotatable bonds is 4. The van der Waals surface area contributed by atoms with Crippen LogP contribution in [0.4, 0.5) is 18.9 Å². The van der Waals surface area contributed by atoms with E-state index in [1.165, 1.54) is 6.07 Å². The van der Waals surface area contributed by atoms with Crippen molar-refractivity contribution in [2.24, 2.45) is 0 Å². The van der Waals surface area contributed by atoms with Gasteiger partial charge in [0.05, 0.1) is 23.4 Å². The zero-order valence-corrected chi connectivity index (χ0v) is 11.9. The first kappa shape index (κ1) is 15.5. The number of nitrogens with one attached hydrogen (secondary N) is 1. The molecule has 2 aromatic carbocycles. The molecule has 2 aromatic rings. The molecular formula is C15H13ClF3NO. The second kappa shape index (κ2) is 6.26. The fourth-order valence-corrected chi connectivity index (χ4v) is 2.12. The van der Waals surface area contributed by atoms with Crippen LogP contribution in [0.1, 0.15) is 11.1 Å². The number of hydrogen-bond acceptors (Lipinski definition) is 2. The highest BCUT2D eigenvalue weighted by Crippen LogP contribution is 2.34. The lowest BCUT2D eigenvalue weighted by Crippen LogP contribution is -2.06. The van der Waals surface area contributed by atoms with Gasteiger partial charge in [0, 0.05) is 12.1 Å². The lowest BCUT2D eigenvalue weighted by Gasteiger charge is -2.13. The van der Waals surface area contributed by atoms with Gasteiger partial charge in [0.25, 0.3) is 0 Å². The largest absolute Gasteiger partial charge is 0.496 e. The maximum Gasteiger partial charge on any atom is 0.416 e. The molecule has 2 nitrogen and oxygen atoms in total. The van der Waals surface area contributed by atoms with Crippen molar-refractivity contribution in [3.8, 4) is 5.75 Å². The van der Waals surface area contributed by atoms with Crippen LogP contribution in [0.2, 0.25) is 5.02 Å². The van der Waals surface area contributed by atoms with Crippen molar-refractivity contribution in [2.75, 3.05) is 12.4 Å². The molecule has 21 heavy (non-hydrogen) atoms. The van der Waals surface area contributed by atoms with Gasteiger partial charge in [-0.15, -0.1) is 0 Å². The van der Waals surface area contributed by atoms with Crippen molar-refractivity contribution in [2.45, 2.75) is 12.7 Å². The average Bonchev–Trinajstić information content (AvgIpc) is 2.45. The van der Waals surface area contributed by atoms with E-state index < -0.39 is 11.7 Å². The van der Waals surface area contributed by atoms with Crippen LogP contribution in [0, 0.1) is 0 Å². The maximum absolute atomic E-state index is 12.6. The van der Waals surface area contributed by atoms with Gasteiger partial charge >= 0.3 is 6.18 Å². The topological polar surface area (TPSA) is 21.3 Å². The zero-order valence-electron chi connectivity index (χ0n) is 11.2. The number of para-hydroxylation sites is 1. The molecule has 0 aliphatic rings. The first-order valence-corrected chi connectivity index (χ1v) is 6.52. The molecule has 0 fully saturated rings. The number of alkyl halides is 3. The highest BCUT2D eigenvalue weighted by molar-refractivity contribution is 6.33. The van der Waals surface area contributed by atoms with Gasteiger partial charge in [-0.25, -0.2) is 0 Å². The van der Waals surface area contributed by atoms with Gasteiger partial charge in [-0.05, 0) is 24.3 Å². The Kier molecular flexibility index (Phi) is 4.63. The van der Waals surface area contributed by atoms with Crippen LogP contribution in [0.5, 0.6) is 5.75 Å². The molecule has 0 saturated heterocycles. The molecule has 0 heterocycles. The third-order valence-electron chi connectivity index (χ3n) is 2.96. The van der Waals surface area contributed by atoms with Gasteiger partial charge in [0.1, 0.15) is 5.75 Å². The molecule has 0 aliphatic carbocycles. The summed E-state index contributed by atoms with van der Waals surface area (Å²) in [5.41, 5.74) is 0.557. The van der Waals surface area contributed by atoms with Crippen molar-refractivity contribution in [3.05, 3.63) is 58.6 Å². The number of hydrogen-bond donors (Lipinski definition) is 1. The first-order valence-electron chi connectivity index (χ1n) is 6.14. The molecule has 0 saturated carbocycles. The third-order valence-corrected chi connectivity index (χ3v) is 3.27. The Labute approximate surface area is 125 Å². The van der Waals surface area contributed by atoms with Crippen LogP contribution in [0.15, 0.2) is 42.5 Å². The summed E-state index contributed by atoms with van der Waals surface area (Å²) in [5, 5.41) is 3.03. The fraction of sp³-hybridized carbons (Fsp3) is 0.200. The smallest absolute Gasteiger partial charge is 0.416 e. The lowest BCUT2D eigenvalue weighted by atomic mass is 10.1. The minimum atomic E-state index is -4.40. The molecule has 6 heteroatoms. The van der Waals surface area contributed by atoms with E-state index in [0.717, 1.165) is 17.7 Å². The summed E-state index contributed by atoms with van der Waals surface area (Å²) < 4.78 is 42.9. The second-order valence-electron chi connectivity index (χ2n) is 4.36. The number of methoxy groups -OCH3 is 1. The predicted octanol–water partition coefficient (Wildman–Crippen LogP) is 4.98. The Bertz CT molecular complexity index is 629. The lowest BCUT2D eigenvalue weighted by molar-refractivity contribution is -0.137. The quantitative estimate of drug-likeness (QED) is 0.859. The summed E-state index contributed by atoms with van der Waals surface area (Å²) in [6, 6.07) is 10.6. The molecule has 0 aliphatic heterocycles. The molecule has 0 radical (unpaired) electrons. The highest BCUT2D eigenvalue weighted by Gasteiger charge is 2.30. The van der Waals surface area contributed by atoms with Crippen LogP contribution in [0.25, 0.3) is 0 Å². The van der Waals surface area contributed by atoms with E-state index in [1.54, 1.807) is 7.11 Å². The molecule has 0 atom stereocenters. The molecule has 0 aromatic heterocycles. The van der Waals surface area contributed by atoms with E-state index in [9.17, 15) is 13.2 Å². The number of anilines is 1. The summed E-state index contributed by atoms with van der Waals surface area (Å²) in [6.07, 6.45) is -4.40. The summed E-state index contributed by atoms with van der Waals surface area (Å²) in [7, 11) is 1.56. The van der Waals surface area contributed by atoms with Gasteiger partial charge in [-0.3, -0.25) is 0 Å². The van der Waals surface area contributed by atoms with E-state index in [-0.39, 0.29) is 5.02 Å². The van der Waals surface area contributed by atoms with Crippen molar-refractivity contribution in [3.63, 3.8) is 0 Å². The summed E-state index contributed by atoms with van der Waals surface area (Å²) in [5.74, 6) is 0.702. The van der Waals surface area contributed by atoms with E-state index in [4.69, 9.17) is 16.3 Å². The van der Waals surface area contributed by atoms with E-state index in [0.29, 0.717) is 18.0 Å². The Balaban J connectivity index is 2.14. The first-order chi connectivity index (χ1) is 9.91. The zero-order chi connectivity index (χ0) is 15.5. The van der Waals surface area contributed by atoms with Crippen LogP contribution in [0.3, 0.4) is 0 Å². The molecule has 0 unspecified atom stereocenters. The Morgan fingerprint density at radius 1 is 1.14 bits per heavy atom. The highest BCUT2D eigenvalue weighted by atomic mass is 35.5. The van der Waals surface area contributed by atoms with Gasteiger partial charge in [-0.2, -0.15) is 13.2 Å². The summed E-state index contributed by atoms with van der Waals surface area (Å²) >= 11 is 5.88. The Morgan fingerprint density at radius 3 is 2.48 bits per heavy atom. The van der Waals surface area contributed by atoms with Crippen LogP contribution >= 0.6 is 11.6 Å². The molecule has 2 rings (SSSR count). The standard InChI is InChI=1S/C15H13ClF3NO/c1-21-14-5-3-2-4-10(14)9-20-13-7-6-11(8-12(13)16)15(17,18)19/h2-8,20H,9H2,1H3. The molecule has 0 amide bonds. The van der Waals surface area contributed by atoms with Gasteiger partial charge in [0.15, 0.2) is 0 Å². The number of halogens is 4. The summed E-state index contributed by atoms with van der Waals surface area (Å²) in [6.45, 7) is 0.398. The van der Waals surface area contributed by atoms with Crippen LogP contribution in [-0.4, -0.2) is 7.11 Å². The van der Waals surface area contributed by atoms with Crippen molar-refractivity contribution >= 4 is 17.3 Å². The normalized spacial score (nSPS) is 11.3. The monoisotopic (exact) mass is 315 g/mol. The Hall–Kier alpha value is -1.88. The number of benzene rings is 2. The van der Waals surface area contributed by atoms with Gasteiger partial charge in [-0.1, -0.05) is 29.8 Å². The van der Waals surface area contributed by atoms with Crippen molar-refractivity contribution in [1.29, 1.82) is 0 Å².